The quantitative estimate of drug-likeness (QED) is 0.644. The molecule has 1 aliphatic rings. The highest BCUT2D eigenvalue weighted by Crippen LogP contribution is 2.28. The van der Waals surface area contributed by atoms with E-state index in [4.69, 9.17) is 21.7 Å². The topological polar surface area (TPSA) is 59.6 Å². The first kappa shape index (κ1) is 13.4. The monoisotopic (exact) mass is 278 g/mol. The molecule has 5 nitrogen and oxygen atoms in total. The van der Waals surface area contributed by atoms with E-state index in [1.165, 1.54) is 0 Å². The zero-order valence-corrected chi connectivity index (χ0v) is 11.5. The predicted molar refractivity (Wildman–Crippen MR) is 76.0 cm³/mol. The van der Waals surface area contributed by atoms with Crippen LogP contribution in [0.25, 0.3) is 6.08 Å². The van der Waals surface area contributed by atoms with Crippen molar-refractivity contribution in [1.82, 2.24) is 10.6 Å². The van der Waals surface area contributed by atoms with E-state index in [0.29, 0.717) is 28.9 Å². The molecular formula is C13H14N2O3S. The summed E-state index contributed by atoms with van der Waals surface area (Å²) in [7, 11) is 1.58. The van der Waals surface area contributed by atoms with Crippen LogP contribution in [0.1, 0.15) is 12.5 Å². The smallest absolute Gasteiger partial charge is 0.273 e. The van der Waals surface area contributed by atoms with E-state index in [9.17, 15) is 4.79 Å². The number of hydrogen-bond acceptors (Lipinski definition) is 4. The van der Waals surface area contributed by atoms with Crippen LogP contribution in [0.3, 0.4) is 0 Å². The molecule has 0 spiro atoms. The Bertz CT molecular complexity index is 555. The van der Waals surface area contributed by atoms with Crippen molar-refractivity contribution in [1.29, 1.82) is 0 Å². The molecule has 0 atom stereocenters. The van der Waals surface area contributed by atoms with Gasteiger partial charge >= 0.3 is 0 Å². The Kier molecular flexibility index (Phi) is 4.01. The molecule has 0 unspecified atom stereocenters. The highest BCUT2D eigenvalue weighted by Gasteiger charge is 2.20. The molecule has 100 valence electrons. The van der Waals surface area contributed by atoms with Crippen LogP contribution in [-0.4, -0.2) is 24.7 Å². The molecule has 0 saturated carbocycles. The SMILES string of the molecule is CCOc1cc(/C=C2\NC(=S)NC2=O)ccc1OC. The van der Waals surface area contributed by atoms with Crippen molar-refractivity contribution in [2.24, 2.45) is 0 Å². The first-order valence-corrected chi connectivity index (χ1v) is 6.19. The summed E-state index contributed by atoms with van der Waals surface area (Å²) in [6.07, 6.45) is 1.70. The third kappa shape index (κ3) is 3.03. The Labute approximate surface area is 116 Å². The Morgan fingerprint density at radius 2 is 2.11 bits per heavy atom. The molecule has 6 heteroatoms. The second kappa shape index (κ2) is 5.71. The van der Waals surface area contributed by atoms with Crippen LogP contribution in [-0.2, 0) is 4.79 Å². The number of ether oxygens (including phenoxy) is 2. The molecule has 2 rings (SSSR count). The van der Waals surface area contributed by atoms with Crippen molar-refractivity contribution in [3.05, 3.63) is 29.5 Å². The molecule has 1 saturated heterocycles. The summed E-state index contributed by atoms with van der Waals surface area (Å²) in [4.78, 5) is 11.5. The molecule has 0 bridgehead atoms. The molecular weight excluding hydrogens is 264 g/mol. The van der Waals surface area contributed by atoms with Gasteiger partial charge in [-0.1, -0.05) is 6.07 Å². The fourth-order valence-electron chi connectivity index (χ4n) is 1.70. The number of rotatable bonds is 4. The first-order chi connectivity index (χ1) is 9.13. The third-order valence-electron chi connectivity index (χ3n) is 2.52. The van der Waals surface area contributed by atoms with Crippen molar-refractivity contribution in [3.63, 3.8) is 0 Å². The van der Waals surface area contributed by atoms with Crippen molar-refractivity contribution in [3.8, 4) is 11.5 Å². The fraction of sp³-hybridized carbons (Fsp3) is 0.231. The molecule has 0 aliphatic carbocycles. The van der Waals surface area contributed by atoms with Crippen LogP contribution in [0.4, 0.5) is 0 Å². The maximum Gasteiger partial charge on any atom is 0.273 e. The number of nitrogens with one attached hydrogen (secondary N) is 2. The van der Waals surface area contributed by atoms with Crippen molar-refractivity contribution in [2.75, 3.05) is 13.7 Å². The number of carbonyl (C=O) groups is 1. The van der Waals surface area contributed by atoms with Gasteiger partial charge in [0, 0.05) is 0 Å². The van der Waals surface area contributed by atoms with Gasteiger partial charge in [0.15, 0.2) is 16.6 Å². The van der Waals surface area contributed by atoms with Gasteiger partial charge in [-0.3, -0.25) is 10.1 Å². The van der Waals surface area contributed by atoms with E-state index < -0.39 is 0 Å². The van der Waals surface area contributed by atoms with Gasteiger partial charge < -0.3 is 14.8 Å². The first-order valence-electron chi connectivity index (χ1n) is 5.79. The minimum atomic E-state index is -0.237. The van der Waals surface area contributed by atoms with E-state index in [-0.39, 0.29) is 5.91 Å². The Hall–Kier alpha value is -2.08. The normalized spacial score (nSPS) is 16.2. The van der Waals surface area contributed by atoms with Gasteiger partial charge in [-0.25, -0.2) is 0 Å². The predicted octanol–water partition coefficient (Wildman–Crippen LogP) is 1.44. The molecule has 1 aromatic carbocycles. The van der Waals surface area contributed by atoms with Crippen LogP contribution >= 0.6 is 12.2 Å². The number of hydrogen-bond donors (Lipinski definition) is 2. The second-order valence-corrected chi connectivity index (χ2v) is 4.22. The van der Waals surface area contributed by atoms with Gasteiger partial charge in [-0.15, -0.1) is 0 Å². The van der Waals surface area contributed by atoms with Crippen molar-refractivity contribution >= 4 is 29.3 Å². The Balaban J connectivity index is 2.31. The molecule has 1 amide bonds. The minimum Gasteiger partial charge on any atom is -0.493 e. The lowest BCUT2D eigenvalue weighted by atomic mass is 10.1. The van der Waals surface area contributed by atoms with Crippen LogP contribution in [0.5, 0.6) is 11.5 Å². The van der Waals surface area contributed by atoms with E-state index in [1.54, 1.807) is 19.3 Å². The van der Waals surface area contributed by atoms with Crippen LogP contribution in [0.2, 0.25) is 0 Å². The summed E-state index contributed by atoms with van der Waals surface area (Å²) in [6, 6.07) is 5.44. The van der Waals surface area contributed by atoms with E-state index in [0.717, 1.165) is 5.56 Å². The minimum absolute atomic E-state index is 0.237. The fourth-order valence-corrected chi connectivity index (χ4v) is 1.90. The Morgan fingerprint density at radius 1 is 1.32 bits per heavy atom. The molecule has 1 fully saturated rings. The van der Waals surface area contributed by atoms with Gasteiger partial charge in [-0.2, -0.15) is 0 Å². The van der Waals surface area contributed by atoms with Gasteiger partial charge in [0.2, 0.25) is 0 Å². The summed E-state index contributed by atoms with van der Waals surface area (Å²) in [5.74, 6) is 1.06. The molecule has 1 heterocycles. The number of thiocarbonyl (C=S) groups is 1. The van der Waals surface area contributed by atoms with Crippen LogP contribution in [0, 0.1) is 0 Å². The lowest BCUT2D eigenvalue weighted by Gasteiger charge is -2.09. The van der Waals surface area contributed by atoms with E-state index >= 15 is 0 Å². The Morgan fingerprint density at radius 3 is 2.68 bits per heavy atom. The lowest BCUT2D eigenvalue weighted by Crippen LogP contribution is -2.21. The maximum atomic E-state index is 11.5. The largest absolute Gasteiger partial charge is 0.493 e. The standard InChI is InChI=1S/C13H14N2O3S/c1-3-18-11-7-8(4-5-10(11)17-2)6-9-12(16)15-13(19)14-9/h4-7H,3H2,1-2H3,(H2,14,15,16,19)/b9-6-. The van der Waals surface area contributed by atoms with Crippen LogP contribution in [0.15, 0.2) is 23.9 Å². The van der Waals surface area contributed by atoms with Crippen molar-refractivity contribution in [2.45, 2.75) is 6.92 Å². The third-order valence-corrected chi connectivity index (χ3v) is 2.72. The maximum absolute atomic E-state index is 11.5. The number of benzene rings is 1. The summed E-state index contributed by atoms with van der Waals surface area (Å²) in [5, 5.41) is 5.61. The molecule has 0 radical (unpaired) electrons. The van der Waals surface area contributed by atoms with Gasteiger partial charge in [-0.05, 0) is 42.9 Å². The molecule has 19 heavy (non-hydrogen) atoms. The molecule has 1 aliphatic heterocycles. The zero-order chi connectivity index (χ0) is 13.8. The van der Waals surface area contributed by atoms with Crippen molar-refractivity contribution < 1.29 is 14.3 Å². The number of carbonyl (C=O) groups excluding carboxylic acids is 1. The van der Waals surface area contributed by atoms with Gasteiger partial charge in [0.1, 0.15) is 5.70 Å². The molecule has 2 N–H and O–H groups in total. The second-order valence-electron chi connectivity index (χ2n) is 3.81. The average molecular weight is 278 g/mol. The van der Waals surface area contributed by atoms with Gasteiger partial charge in [0.05, 0.1) is 13.7 Å². The summed E-state index contributed by atoms with van der Waals surface area (Å²) >= 11 is 4.87. The highest BCUT2D eigenvalue weighted by atomic mass is 32.1. The molecule has 1 aromatic rings. The van der Waals surface area contributed by atoms with Gasteiger partial charge in [0.25, 0.3) is 5.91 Å². The van der Waals surface area contributed by atoms with Crippen LogP contribution < -0.4 is 20.1 Å². The molecule has 0 aromatic heterocycles. The summed E-state index contributed by atoms with van der Waals surface area (Å²) < 4.78 is 10.7. The zero-order valence-electron chi connectivity index (χ0n) is 10.6. The van der Waals surface area contributed by atoms with E-state index in [1.807, 2.05) is 19.1 Å². The average Bonchev–Trinajstić information content (AvgIpc) is 2.69. The lowest BCUT2D eigenvalue weighted by molar-refractivity contribution is -0.115. The number of methoxy groups -OCH3 is 1. The highest BCUT2D eigenvalue weighted by molar-refractivity contribution is 7.80. The number of amides is 1. The summed E-state index contributed by atoms with van der Waals surface area (Å²) in [5.41, 5.74) is 1.24. The summed E-state index contributed by atoms with van der Waals surface area (Å²) in [6.45, 7) is 2.44. The van der Waals surface area contributed by atoms with E-state index in [2.05, 4.69) is 10.6 Å².